The number of amides is 1. The molecule has 0 saturated heterocycles. The quantitative estimate of drug-likeness (QED) is 0.415. The standard InChI is InChI=1S/C25H33N5O4/c1-17(2)10-19(13-25(3,4)33)16-34-24(32)28-20-7-5-6-18(11-20)12-22-23(31)8-9-30(29-22)21-14-26-27-15-21/h5-9,11,14-15,17,19,33H,10,12-13,16H2,1-4H3,(H,26,27)(H,28,32). The minimum Gasteiger partial charge on any atom is -0.449 e. The van der Waals surface area contributed by atoms with E-state index < -0.39 is 11.7 Å². The van der Waals surface area contributed by atoms with Crippen molar-refractivity contribution in [3.8, 4) is 5.69 Å². The minimum absolute atomic E-state index is 0.0682. The molecule has 2 heterocycles. The summed E-state index contributed by atoms with van der Waals surface area (Å²) in [5, 5.41) is 23.9. The van der Waals surface area contributed by atoms with Crippen LogP contribution in [0.2, 0.25) is 0 Å². The van der Waals surface area contributed by atoms with E-state index in [1.165, 1.54) is 6.07 Å². The van der Waals surface area contributed by atoms with E-state index in [-0.39, 0.29) is 18.0 Å². The third-order valence-electron chi connectivity index (χ3n) is 5.22. The molecule has 2 aromatic heterocycles. The lowest BCUT2D eigenvalue weighted by molar-refractivity contribution is 0.0321. The van der Waals surface area contributed by atoms with Crippen LogP contribution >= 0.6 is 0 Å². The van der Waals surface area contributed by atoms with Crippen LogP contribution in [0.3, 0.4) is 0 Å². The molecule has 0 radical (unpaired) electrons. The molecule has 3 aromatic rings. The average Bonchev–Trinajstić information content (AvgIpc) is 3.27. The molecule has 1 atom stereocenters. The second kappa shape index (κ2) is 11.1. The number of carbonyl (C=O) groups is 1. The molecule has 3 N–H and O–H groups in total. The second-order valence-corrected chi connectivity index (χ2v) is 9.64. The van der Waals surface area contributed by atoms with Crippen molar-refractivity contribution >= 4 is 11.8 Å². The van der Waals surface area contributed by atoms with E-state index >= 15 is 0 Å². The van der Waals surface area contributed by atoms with E-state index in [1.54, 1.807) is 55.3 Å². The van der Waals surface area contributed by atoms with E-state index in [0.29, 0.717) is 30.1 Å². The van der Waals surface area contributed by atoms with Crippen LogP contribution in [-0.2, 0) is 11.2 Å². The molecule has 9 heteroatoms. The number of H-pyrrole nitrogens is 1. The number of hydrogen-bond donors (Lipinski definition) is 3. The molecular weight excluding hydrogens is 434 g/mol. The summed E-state index contributed by atoms with van der Waals surface area (Å²) >= 11 is 0. The second-order valence-electron chi connectivity index (χ2n) is 9.64. The maximum atomic E-state index is 12.4. The number of anilines is 1. The molecule has 182 valence electrons. The number of carbonyl (C=O) groups excluding carboxylic acids is 1. The van der Waals surface area contributed by atoms with E-state index in [2.05, 4.69) is 34.5 Å². The molecule has 1 unspecified atom stereocenters. The van der Waals surface area contributed by atoms with Gasteiger partial charge in [0.1, 0.15) is 11.4 Å². The van der Waals surface area contributed by atoms with Crippen LogP contribution in [0.15, 0.2) is 53.7 Å². The van der Waals surface area contributed by atoms with Gasteiger partial charge in [-0.15, -0.1) is 0 Å². The summed E-state index contributed by atoms with van der Waals surface area (Å²) in [6, 6.07) is 8.69. The average molecular weight is 468 g/mol. The first-order valence-electron chi connectivity index (χ1n) is 11.4. The molecule has 0 aliphatic rings. The number of aromatic amines is 1. The van der Waals surface area contributed by atoms with Gasteiger partial charge in [-0.25, -0.2) is 9.48 Å². The molecule has 0 aliphatic heterocycles. The lowest BCUT2D eigenvalue weighted by Crippen LogP contribution is -2.28. The van der Waals surface area contributed by atoms with Crippen LogP contribution < -0.4 is 10.7 Å². The van der Waals surface area contributed by atoms with Gasteiger partial charge in [0, 0.05) is 30.6 Å². The molecule has 34 heavy (non-hydrogen) atoms. The summed E-state index contributed by atoms with van der Waals surface area (Å²) in [5.74, 6) is 0.499. The summed E-state index contributed by atoms with van der Waals surface area (Å²) in [4.78, 5) is 24.7. The first-order valence-corrected chi connectivity index (χ1v) is 11.4. The summed E-state index contributed by atoms with van der Waals surface area (Å²) in [6.45, 7) is 7.97. The van der Waals surface area contributed by atoms with Crippen LogP contribution in [-0.4, -0.2) is 43.4 Å². The smallest absolute Gasteiger partial charge is 0.411 e. The van der Waals surface area contributed by atoms with Crippen molar-refractivity contribution in [1.29, 1.82) is 0 Å². The summed E-state index contributed by atoms with van der Waals surface area (Å²) in [7, 11) is 0. The molecule has 0 saturated carbocycles. The molecule has 1 amide bonds. The maximum Gasteiger partial charge on any atom is 0.411 e. The topological polar surface area (TPSA) is 122 Å². The van der Waals surface area contributed by atoms with Crippen LogP contribution in [0, 0.1) is 11.8 Å². The zero-order valence-electron chi connectivity index (χ0n) is 20.1. The monoisotopic (exact) mass is 467 g/mol. The van der Waals surface area contributed by atoms with Gasteiger partial charge < -0.3 is 9.84 Å². The Morgan fingerprint density at radius 1 is 1.29 bits per heavy atom. The number of nitrogens with one attached hydrogen (secondary N) is 2. The van der Waals surface area contributed by atoms with E-state index in [0.717, 1.165) is 17.7 Å². The number of rotatable bonds is 10. The normalized spacial score (nSPS) is 12.5. The van der Waals surface area contributed by atoms with Gasteiger partial charge in [-0.05, 0) is 56.2 Å². The Hall–Kier alpha value is -3.46. The lowest BCUT2D eigenvalue weighted by atomic mass is 9.88. The van der Waals surface area contributed by atoms with Crippen LogP contribution in [0.25, 0.3) is 5.69 Å². The zero-order valence-corrected chi connectivity index (χ0v) is 20.1. The predicted octanol–water partition coefficient (Wildman–Crippen LogP) is 3.92. The Morgan fingerprint density at radius 2 is 2.09 bits per heavy atom. The predicted molar refractivity (Wildman–Crippen MR) is 130 cm³/mol. The highest BCUT2D eigenvalue weighted by atomic mass is 16.5. The molecule has 0 aliphatic carbocycles. The fourth-order valence-corrected chi connectivity index (χ4v) is 3.97. The van der Waals surface area contributed by atoms with Crippen molar-refractivity contribution in [2.24, 2.45) is 11.8 Å². The van der Waals surface area contributed by atoms with Crippen LogP contribution in [0.5, 0.6) is 0 Å². The molecule has 9 nitrogen and oxygen atoms in total. The third-order valence-corrected chi connectivity index (χ3v) is 5.22. The van der Waals surface area contributed by atoms with Gasteiger partial charge in [0.05, 0.1) is 18.4 Å². The van der Waals surface area contributed by atoms with Crippen molar-refractivity contribution in [2.75, 3.05) is 11.9 Å². The first-order chi connectivity index (χ1) is 16.1. The van der Waals surface area contributed by atoms with Crippen molar-refractivity contribution < 1.29 is 14.6 Å². The third kappa shape index (κ3) is 7.84. The SMILES string of the molecule is CC(C)CC(COC(=O)Nc1cccc(Cc2nn(-c3cn[nH]c3)ccc2=O)c1)CC(C)(C)O. The van der Waals surface area contributed by atoms with Crippen molar-refractivity contribution in [3.05, 3.63) is 70.4 Å². The largest absolute Gasteiger partial charge is 0.449 e. The molecular formula is C25H33N5O4. The Kier molecular flexibility index (Phi) is 8.22. The molecule has 3 rings (SSSR count). The van der Waals surface area contributed by atoms with Crippen LogP contribution in [0.4, 0.5) is 10.5 Å². The number of benzene rings is 1. The Labute approximate surface area is 199 Å². The molecule has 0 spiro atoms. The summed E-state index contributed by atoms with van der Waals surface area (Å²) < 4.78 is 7.04. The molecule has 1 aromatic carbocycles. The van der Waals surface area contributed by atoms with E-state index in [9.17, 15) is 14.7 Å². The van der Waals surface area contributed by atoms with Crippen molar-refractivity contribution in [1.82, 2.24) is 20.0 Å². The van der Waals surface area contributed by atoms with Gasteiger partial charge in [-0.1, -0.05) is 26.0 Å². The van der Waals surface area contributed by atoms with Gasteiger partial charge in [0.15, 0.2) is 0 Å². The fourth-order valence-electron chi connectivity index (χ4n) is 3.97. The number of aliphatic hydroxyl groups is 1. The molecule has 0 fully saturated rings. The van der Waals surface area contributed by atoms with Gasteiger partial charge >= 0.3 is 6.09 Å². The highest BCUT2D eigenvalue weighted by Crippen LogP contribution is 2.23. The lowest BCUT2D eigenvalue weighted by Gasteiger charge is -2.26. The van der Waals surface area contributed by atoms with Gasteiger partial charge in [-0.2, -0.15) is 10.2 Å². The van der Waals surface area contributed by atoms with Crippen LogP contribution in [0.1, 0.15) is 51.8 Å². The fraction of sp³-hybridized carbons (Fsp3) is 0.440. The number of hydrogen-bond acceptors (Lipinski definition) is 6. The minimum atomic E-state index is -0.824. The van der Waals surface area contributed by atoms with Gasteiger partial charge in [0.2, 0.25) is 5.43 Å². The van der Waals surface area contributed by atoms with Crippen molar-refractivity contribution in [3.63, 3.8) is 0 Å². The van der Waals surface area contributed by atoms with E-state index in [1.807, 2.05) is 6.07 Å². The number of nitrogens with zero attached hydrogens (tertiary/aromatic N) is 3. The Balaban J connectivity index is 1.63. The van der Waals surface area contributed by atoms with Gasteiger partial charge in [-0.3, -0.25) is 15.2 Å². The number of ether oxygens (including phenoxy) is 1. The van der Waals surface area contributed by atoms with Crippen molar-refractivity contribution in [2.45, 2.75) is 52.6 Å². The summed E-state index contributed by atoms with van der Waals surface area (Å²) in [6.07, 6.45) is 6.05. The Bertz CT molecular complexity index is 1130. The van der Waals surface area contributed by atoms with Gasteiger partial charge in [0.25, 0.3) is 0 Å². The summed E-state index contributed by atoms with van der Waals surface area (Å²) in [5.41, 5.74) is 1.51. The highest BCUT2D eigenvalue weighted by Gasteiger charge is 2.22. The van der Waals surface area contributed by atoms with E-state index in [4.69, 9.17) is 4.74 Å². The first kappa shape index (κ1) is 25.2. The maximum absolute atomic E-state index is 12.4. The molecule has 0 bridgehead atoms. The Morgan fingerprint density at radius 3 is 2.76 bits per heavy atom. The zero-order chi connectivity index (χ0) is 24.7. The highest BCUT2D eigenvalue weighted by molar-refractivity contribution is 5.84. The number of aromatic nitrogens is 4.